The van der Waals surface area contributed by atoms with Crippen LogP contribution in [0.4, 0.5) is 0 Å². The third-order valence-electron chi connectivity index (χ3n) is 3.67. The number of thiazole rings is 1. The van der Waals surface area contributed by atoms with Gasteiger partial charge in [-0.1, -0.05) is 24.3 Å². The number of hydrogen-bond acceptors (Lipinski definition) is 4. The maximum atomic E-state index is 13.0. The zero-order chi connectivity index (χ0) is 16.4. The van der Waals surface area contributed by atoms with Crippen molar-refractivity contribution in [1.82, 2.24) is 14.5 Å². The summed E-state index contributed by atoms with van der Waals surface area (Å²) < 4.78 is 1.65. The van der Waals surface area contributed by atoms with Gasteiger partial charge < -0.3 is 0 Å². The van der Waals surface area contributed by atoms with Crippen LogP contribution in [0.25, 0.3) is 27.5 Å². The van der Waals surface area contributed by atoms with Gasteiger partial charge >= 0.3 is 0 Å². The van der Waals surface area contributed by atoms with Gasteiger partial charge in [-0.3, -0.25) is 14.3 Å². The van der Waals surface area contributed by atoms with Gasteiger partial charge in [-0.2, -0.15) is 0 Å². The van der Waals surface area contributed by atoms with E-state index in [-0.39, 0.29) is 5.56 Å². The Kier molecular flexibility index (Phi) is 3.76. The molecule has 0 atom stereocenters. The maximum absolute atomic E-state index is 13.0. The number of rotatable bonds is 3. The van der Waals surface area contributed by atoms with Crippen LogP contribution in [0, 0.1) is 0 Å². The van der Waals surface area contributed by atoms with E-state index in [1.165, 1.54) is 11.3 Å². The summed E-state index contributed by atoms with van der Waals surface area (Å²) in [5.74, 6) is 0. The highest BCUT2D eigenvalue weighted by Crippen LogP contribution is 2.24. The average Bonchev–Trinajstić information content (AvgIpc) is 3.18. The zero-order valence-corrected chi connectivity index (χ0v) is 13.5. The first kappa shape index (κ1) is 14.5. The second-order valence-corrected chi connectivity index (χ2v) is 6.10. The monoisotopic (exact) mass is 331 g/mol. The predicted molar refractivity (Wildman–Crippen MR) is 96.4 cm³/mol. The van der Waals surface area contributed by atoms with E-state index < -0.39 is 0 Å². The summed E-state index contributed by atoms with van der Waals surface area (Å²) in [6.45, 7) is 0. The number of para-hydroxylation sites is 1. The molecule has 0 N–H and O–H groups in total. The Morgan fingerprint density at radius 1 is 0.917 bits per heavy atom. The summed E-state index contributed by atoms with van der Waals surface area (Å²) in [4.78, 5) is 21.7. The summed E-state index contributed by atoms with van der Waals surface area (Å²) in [7, 11) is 0. The molecule has 0 unspecified atom stereocenters. The van der Waals surface area contributed by atoms with Crippen molar-refractivity contribution in [2.75, 3.05) is 0 Å². The van der Waals surface area contributed by atoms with E-state index in [9.17, 15) is 4.79 Å². The molecule has 0 bridgehead atoms. The lowest BCUT2D eigenvalue weighted by Crippen LogP contribution is -2.20. The third-order valence-corrected chi connectivity index (χ3v) is 4.48. The van der Waals surface area contributed by atoms with E-state index in [4.69, 9.17) is 0 Å². The SMILES string of the molecule is O=c1c(-c2nccs2)cc(-c2ccccn2)cn1-c1ccccc1. The summed E-state index contributed by atoms with van der Waals surface area (Å²) in [6.07, 6.45) is 5.28. The van der Waals surface area contributed by atoms with Crippen molar-refractivity contribution in [3.63, 3.8) is 0 Å². The van der Waals surface area contributed by atoms with Crippen LogP contribution >= 0.6 is 11.3 Å². The normalized spacial score (nSPS) is 10.7. The van der Waals surface area contributed by atoms with E-state index in [0.717, 1.165) is 16.9 Å². The van der Waals surface area contributed by atoms with Gasteiger partial charge in [0.25, 0.3) is 5.56 Å². The second-order valence-electron chi connectivity index (χ2n) is 5.21. The summed E-state index contributed by atoms with van der Waals surface area (Å²) in [6, 6.07) is 17.2. The Bertz CT molecular complexity index is 1010. The first-order valence-electron chi connectivity index (χ1n) is 7.46. The van der Waals surface area contributed by atoms with Crippen molar-refractivity contribution in [2.45, 2.75) is 0 Å². The Hall–Kier alpha value is -3.05. The first-order valence-corrected chi connectivity index (χ1v) is 8.34. The second kappa shape index (κ2) is 6.22. The van der Waals surface area contributed by atoms with E-state index in [1.54, 1.807) is 17.0 Å². The summed E-state index contributed by atoms with van der Waals surface area (Å²) in [5.41, 5.74) is 3.01. The van der Waals surface area contributed by atoms with Crippen LogP contribution in [0.1, 0.15) is 0 Å². The first-order chi connectivity index (χ1) is 11.8. The minimum Gasteiger partial charge on any atom is -0.283 e. The molecule has 0 amide bonds. The zero-order valence-electron chi connectivity index (χ0n) is 12.7. The highest BCUT2D eigenvalue weighted by Gasteiger charge is 2.13. The largest absolute Gasteiger partial charge is 0.283 e. The highest BCUT2D eigenvalue weighted by molar-refractivity contribution is 7.13. The maximum Gasteiger partial charge on any atom is 0.265 e. The molecule has 24 heavy (non-hydrogen) atoms. The van der Waals surface area contributed by atoms with E-state index >= 15 is 0 Å². The number of nitrogens with zero attached hydrogens (tertiary/aromatic N) is 3. The highest BCUT2D eigenvalue weighted by atomic mass is 32.1. The molecule has 3 aromatic heterocycles. The number of aromatic nitrogens is 3. The molecule has 0 fully saturated rings. The van der Waals surface area contributed by atoms with Gasteiger partial charge in [-0.05, 0) is 30.3 Å². The van der Waals surface area contributed by atoms with Gasteiger partial charge in [0.05, 0.1) is 11.3 Å². The molecule has 0 spiro atoms. The van der Waals surface area contributed by atoms with E-state index in [0.29, 0.717) is 10.6 Å². The minimum atomic E-state index is -0.0872. The average molecular weight is 331 g/mol. The number of benzene rings is 1. The topological polar surface area (TPSA) is 47.8 Å². The van der Waals surface area contributed by atoms with Gasteiger partial charge in [0.2, 0.25) is 0 Å². The molecule has 3 heterocycles. The van der Waals surface area contributed by atoms with Crippen molar-refractivity contribution in [3.05, 3.63) is 88.9 Å². The van der Waals surface area contributed by atoms with E-state index in [1.807, 2.05) is 66.2 Å². The molecule has 0 saturated carbocycles. The molecular formula is C19H13N3OS. The van der Waals surface area contributed by atoms with Crippen molar-refractivity contribution in [1.29, 1.82) is 0 Å². The van der Waals surface area contributed by atoms with Crippen molar-refractivity contribution in [3.8, 4) is 27.5 Å². The van der Waals surface area contributed by atoms with Crippen LogP contribution in [0.5, 0.6) is 0 Å². The van der Waals surface area contributed by atoms with Gasteiger partial charge in [0.15, 0.2) is 0 Å². The fourth-order valence-electron chi connectivity index (χ4n) is 2.55. The Morgan fingerprint density at radius 2 is 1.75 bits per heavy atom. The van der Waals surface area contributed by atoms with Gasteiger partial charge in [-0.25, -0.2) is 4.98 Å². The third kappa shape index (κ3) is 2.66. The van der Waals surface area contributed by atoms with Gasteiger partial charge in [-0.15, -0.1) is 11.3 Å². The molecule has 4 nitrogen and oxygen atoms in total. The molecule has 5 heteroatoms. The fraction of sp³-hybridized carbons (Fsp3) is 0. The molecule has 1 aromatic carbocycles. The Morgan fingerprint density at radius 3 is 2.46 bits per heavy atom. The van der Waals surface area contributed by atoms with Crippen molar-refractivity contribution >= 4 is 11.3 Å². The smallest absolute Gasteiger partial charge is 0.265 e. The van der Waals surface area contributed by atoms with Crippen LogP contribution in [0.15, 0.2) is 83.4 Å². The van der Waals surface area contributed by atoms with Crippen LogP contribution in [0.3, 0.4) is 0 Å². The molecule has 0 aliphatic heterocycles. The molecule has 116 valence electrons. The van der Waals surface area contributed by atoms with Gasteiger partial charge in [0, 0.05) is 35.2 Å². The van der Waals surface area contributed by atoms with Crippen LogP contribution in [0.2, 0.25) is 0 Å². The lowest BCUT2D eigenvalue weighted by molar-refractivity contribution is 0.992. The quantitative estimate of drug-likeness (QED) is 0.569. The molecule has 0 saturated heterocycles. The standard InChI is InChI=1S/C19H13N3OS/c23-19-16(18-21-10-11-24-18)12-14(17-8-4-5-9-20-17)13-22(19)15-6-2-1-3-7-15/h1-13H. The summed E-state index contributed by atoms with van der Waals surface area (Å²) in [5, 5.41) is 2.58. The number of pyridine rings is 2. The molecule has 0 aliphatic rings. The van der Waals surface area contributed by atoms with Crippen LogP contribution in [-0.2, 0) is 0 Å². The number of hydrogen-bond donors (Lipinski definition) is 0. The lowest BCUT2D eigenvalue weighted by Gasteiger charge is -2.11. The van der Waals surface area contributed by atoms with Crippen LogP contribution < -0.4 is 5.56 Å². The van der Waals surface area contributed by atoms with Crippen LogP contribution in [-0.4, -0.2) is 14.5 Å². The predicted octanol–water partition coefficient (Wildman–Crippen LogP) is 4.02. The molecule has 0 aliphatic carbocycles. The lowest BCUT2D eigenvalue weighted by atomic mass is 10.1. The molecular weight excluding hydrogens is 318 g/mol. The van der Waals surface area contributed by atoms with Crippen molar-refractivity contribution in [2.24, 2.45) is 0 Å². The summed E-state index contributed by atoms with van der Waals surface area (Å²) >= 11 is 1.45. The molecule has 4 aromatic rings. The van der Waals surface area contributed by atoms with E-state index in [2.05, 4.69) is 9.97 Å². The Balaban J connectivity index is 2.00. The molecule has 0 radical (unpaired) electrons. The Labute approximate surface area is 142 Å². The van der Waals surface area contributed by atoms with Crippen molar-refractivity contribution < 1.29 is 0 Å². The fourth-order valence-corrected chi connectivity index (χ4v) is 3.19. The van der Waals surface area contributed by atoms with Gasteiger partial charge in [0.1, 0.15) is 5.01 Å². The molecule has 4 rings (SSSR count). The minimum absolute atomic E-state index is 0.0872.